The van der Waals surface area contributed by atoms with Crippen LogP contribution in [0.5, 0.6) is 5.75 Å². The number of hydrogen-bond acceptors (Lipinski definition) is 4. The van der Waals surface area contributed by atoms with Crippen LogP contribution in [0.15, 0.2) is 82.0 Å². The smallest absolute Gasteiger partial charge is 0.339 e. The first kappa shape index (κ1) is 22.3. The molecule has 1 heterocycles. The number of ether oxygens (including phenoxy) is 1. The predicted octanol–water partition coefficient (Wildman–Crippen LogP) is 5.26. The van der Waals surface area contributed by atoms with Crippen molar-refractivity contribution in [3.63, 3.8) is 0 Å². The lowest BCUT2D eigenvalue weighted by molar-refractivity contribution is -0.121. The van der Waals surface area contributed by atoms with Gasteiger partial charge < -0.3 is 14.5 Å². The number of hydrogen-bond donors (Lipinski definition) is 1. The summed E-state index contributed by atoms with van der Waals surface area (Å²) in [5, 5.41) is 3.98. The van der Waals surface area contributed by atoms with E-state index in [4.69, 9.17) is 9.15 Å². The second-order valence-electron chi connectivity index (χ2n) is 8.18. The fourth-order valence-electron chi connectivity index (χ4n) is 4.03. The van der Waals surface area contributed by atoms with Gasteiger partial charge in [0.05, 0.1) is 13.2 Å². The van der Waals surface area contributed by atoms with Crippen molar-refractivity contribution in [2.24, 2.45) is 0 Å². The first-order valence-electron chi connectivity index (χ1n) is 11.0. The Hall–Kier alpha value is -3.86. The third kappa shape index (κ3) is 4.98. The average molecular weight is 442 g/mol. The fraction of sp³-hybridized carbons (Fsp3) is 0.214. The molecule has 5 heteroatoms. The Kier molecular flexibility index (Phi) is 6.59. The normalized spacial score (nSPS) is 11.8. The Morgan fingerprint density at radius 3 is 2.36 bits per heavy atom. The zero-order chi connectivity index (χ0) is 23.4. The summed E-state index contributed by atoms with van der Waals surface area (Å²) in [5.74, 6) is 0.498. The second-order valence-corrected chi connectivity index (χ2v) is 8.18. The van der Waals surface area contributed by atoms with Crippen LogP contribution in [0.2, 0.25) is 0 Å². The van der Waals surface area contributed by atoms with Crippen molar-refractivity contribution in [2.45, 2.75) is 32.7 Å². The van der Waals surface area contributed by atoms with Crippen molar-refractivity contribution < 1.29 is 13.9 Å². The van der Waals surface area contributed by atoms with Gasteiger partial charge in [0.15, 0.2) is 0 Å². The summed E-state index contributed by atoms with van der Waals surface area (Å²) in [5.41, 5.74) is 4.59. The summed E-state index contributed by atoms with van der Waals surface area (Å²) in [4.78, 5) is 25.6. The largest absolute Gasteiger partial charge is 0.497 e. The van der Waals surface area contributed by atoms with E-state index in [1.165, 1.54) is 0 Å². The molecule has 1 N–H and O–H groups in total. The van der Waals surface area contributed by atoms with E-state index in [2.05, 4.69) is 5.32 Å². The van der Waals surface area contributed by atoms with Crippen molar-refractivity contribution in [1.82, 2.24) is 5.32 Å². The van der Waals surface area contributed by atoms with Crippen molar-refractivity contribution in [3.05, 3.63) is 111 Å². The van der Waals surface area contributed by atoms with Crippen molar-refractivity contribution in [2.75, 3.05) is 7.11 Å². The summed E-state index contributed by atoms with van der Waals surface area (Å²) in [6, 6.07) is 23.2. The maximum atomic E-state index is 12.9. The van der Waals surface area contributed by atoms with Crippen LogP contribution in [0.3, 0.4) is 0 Å². The van der Waals surface area contributed by atoms with Gasteiger partial charge in [-0.3, -0.25) is 4.79 Å². The van der Waals surface area contributed by atoms with E-state index in [-0.39, 0.29) is 18.4 Å². The van der Waals surface area contributed by atoms with Crippen LogP contribution in [0, 0.1) is 13.8 Å². The third-order valence-corrected chi connectivity index (χ3v) is 5.95. The van der Waals surface area contributed by atoms with Crippen LogP contribution in [-0.2, 0) is 11.2 Å². The molecule has 168 valence electrons. The molecule has 0 bridgehead atoms. The summed E-state index contributed by atoms with van der Waals surface area (Å²) in [6.45, 7) is 3.92. The molecule has 0 aliphatic heterocycles. The third-order valence-electron chi connectivity index (χ3n) is 5.95. The van der Waals surface area contributed by atoms with Crippen molar-refractivity contribution >= 4 is 16.9 Å². The minimum Gasteiger partial charge on any atom is -0.497 e. The number of amides is 1. The highest BCUT2D eigenvalue weighted by molar-refractivity contribution is 5.83. The maximum Gasteiger partial charge on any atom is 0.339 e. The summed E-state index contributed by atoms with van der Waals surface area (Å²) >= 11 is 0. The lowest BCUT2D eigenvalue weighted by Gasteiger charge is -2.20. The SMILES string of the molecule is COc1ccc2c(C)c(CCC(=O)N[C@H](c3ccccc3)c3ccc(C)cc3)c(=O)oc2c1. The molecule has 0 radical (unpaired) electrons. The minimum atomic E-state index is -0.417. The van der Waals surface area contributed by atoms with Gasteiger partial charge in [-0.05, 0) is 49.1 Å². The Balaban J connectivity index is 1.54. The second kappa shape index (κ2) is 9.74. The number of methoxy groups -OCH3 is 1. The molecule has 4 aromatic rings. The molecular weight excluding hydrogens is 414 g/mol. The molecule has 0 spiro atoms. The summed E-state index contributed by atoms with van der Waals surface area (Å²) in [6.07, 6.45) is 0.486. The highest BCUT2D eigenvalue weighted by Crippen LogP contribution is 2.25. The highest BCUT2D eigenvalue weighted by Gasteiger charge is 2.18. The first-order chi connectivity index (χ1) is 16.0. The van der Waals surface area contributed by atoms with E-state index < -0.39 is 5.63 Å². The van der Waals surface area contributed by atoms with E-state index in [9.17, 15) is 9.59 Å². The number of carbonyl (C=O) groups is 1. The average Bonchev–Trinajstić information content (AvgIpc) is 2.83. The summed E-state index contributed by atoms with van der Waals surface area (Å²) < 4.78 is 10.7. The number of aryl methyl sites for hydroxylation is 2. The molecule has 0 saturated carbocycles. The van der Waals surface area contributed by atoms with E-state index in [0.29, 0.717) is 23.3 Å². The fourth-order valence-corrected chi connectivity index (χ4v) is 4.03. The zero-order valence-corrected chi connectivity index (χ0v) is 19.1. The van der Waals surface area contributed by atoms with Gasteiger partial charge in [0.1, 0.15) is 11.3 Å². The number of nitrogens with one attached hydrogen (secondary N) is 1. The van der Waals surface area contributed by atoms with Gasteiger partial charge in [-0.15, -0.1) is 0 Å². The van der Waals surface area contributed by atoms with Gasteiger partial charge in [0.25, 0.3) is 0 Å². The Morgan fingerprint density at radius 2 is 1.67 bits per heavy atom. The molecular formula is C28H27NO4. The van der Waals surface area contributed by atoms with Crippen LogP contribution in [0.4, 0.5) is 0 Å². The van der Waals surface area contributed by atoms with Crippen LogP contribution < -0.4 is 15.7 Å². The first-order valence-corrected chi connectivity index (χ1v) is 11.0. The lowest BCUT2D eigenvalue weighted by Crippen LogP contribution is -2.30. The topological polar surface area (TPSA) is 68.5 Å². The van der Waals surface area contributed by atoms with Gasteiger partial charge >= 0.3 is 5.63 Å². The van der Waals surface area contributed by atoms with Gasteiger partial charge in [0.2, 0.25) is 5.91 Å². The van der Waals surface area contributed by atoms with E-state index in [0.717, 1.165) is 27.6 Å². The Labute approximate surface area is 193 Å². The van der Waals surface area contributed by atoms with Crippen LogP contribution >= 0.6 is 0 Å². The van der Waals surface area contributed by atoms with Crippen LogP contribution in [0.1, 0.15) is 40.3 Å². The molecule has 33 heavy (non-hydrogen) atoms. The van der Waals surface area contributed by atoms with Crippen molar-refractivity contribution in [3.8, 4) is 5.75 Å². The van der Waals surface area contributed by atoms with Crippen LogP contribution in [0.25, 0.3) is 11.0 Å². The molecule has 0 unspecified atom stereocenters. The molecule has 5 nitrogen and oxygen atoms in total. The standard InChI is InChI=1S/C28H27NO4/c1-18-9-11-21(12-10-18)27(20-7-5-4-6-8-20)29-26(30)16-15-24-19(2)23-14-13-22(32-3)17-25(23)33-28(24)31/h4-14,17,27H,15-16H2,1-3H3,(H,29,30)/t27-/m1/s1. The number of benzene rings is 3. The lowest BCUT2D eigenvalue weighted by atomic mass is 9.97. The Morgan fingerprint density at radius 1 is 0.970 bits per heavy atom. The molecule has 1 atom stereocenters. The van der Waals surface area contributed by atoms with Crippen LogP contribution in [-0.4, -0.2) is 13.0 Å². The number of fused-ring (bicyclic) bond motifs is 1. The molecule has 1 amide bonds. The van der Waals surface area contributed by atoms with Gasteiger partial charge in [-0.1, -0.05) is 60.2 Å². The van der Waals surface area contributed by atoms with Crippen molar-refractivity contribution in [1.29, 1.82) is 0 Å². The van der Waals surface area contributed by atoms with Gasteiger partial charge in [-0.25, -0.2) is 4.79 Å². The van der Waals surface area contributed by atoms with E-state index in [1.54, 1.807) is 13.2 Å². The van der Waals surface area contributed by atoms with E-state index >= 15 is 0 Å². The Bertz CT molecular complexity index is 1320. The molecule has 0 fully saturated rings. The van der Waals surface area contributed by atoms with E-state index in [1.807, 2.05) is 80.6 Å². The van der Waals surface area contributed by atoms with Gasteiger partial charge in [-0.2, -0.15) is 0 Å². The monoisotopic (exact) mass is 441 g/mol. The van der Waals surface area contributed by atoms with Gasteiger partial charge in [0, 0.05) is 23.4 Å². The maximum absolute atomic E-state index is 12.9. The predicted molar refractivity (Wildman–Crippen MR) is 130 cm³/mol. The quantitative estimate of drug-likeness (QED) is 0.398. The molecule has 0 aliphatic carbocycles. The molecule has 4 rings (SSSR count). The zero-order valence-electron chi connectivity index (χ0n) is 19.1. The highest BCUT2D eigenvalue weighted by atomic mass is 16.5. The summed E-state index contributed by atoms with van der Waals surface area (Å²) in [7, 11) is 1.57. The molecule has 0 saturated heterocycles. The number of carbonyl (C=O) groups excluding carboxylic acids is 1. The minimum absolute atomic E-state index is 0.127. The number of rotatable bonds is 7. The molecule has 0 aliphatic rings. The molecule has 1 aromatic heterocycles. The molecule has 3 aromatic carbocycles.